The van der Waals surface area contributed by atoms with Crippen LogP contribution in [0.4, 0.5) is 5.69 Å². The monoisotopic (exact) mass is 276 g/mol. The lowest BCUT2D eigenvalue weighted by molar-refractivity contribution is -0.148. The minimum atomic E-state index is -1.26. The van der Waals surface area contributed by atoms with Crippen LogP contribution in [0, 0.1) is 0 Å². The van der Waals surface area contributed by atoms with Crippen molar-refractivity contribution in [2.45, 2.75) is 38.2 Å². The Labute approximate surface area is 120 Å². The molecule has 0 spiro atoms. The van der Waals surface area contributed by atoms with Crippen molar-refractivity contribution in [3.8, 4) is 0 Å². The van der Waals surface area contributed by atoms with Crippen molar-refractivity contribution in [3.05, 3.63) is 29.8 Å². The zero-order valence-electron chi connectivity index (χ0n) is 12.5. The minimum absolute atomic E-state index is 0.165. The van der Waals surface area contributed by atoms with Crippen LogP contribution in [-0.4, -0.2) is 41.7 Å². The maximum Gasteiger partial charge on any atom is 0.253 e. The van der Waals surface area contributed by atoms with Crippen LogP contribution in [0.2, 0.25) is 0 Å². The Bertz CT molecular complexity index is 454. The molecule has 1 heterocycles. The summed E-state index contributed by atoms with van der Waals surface area (Å²) in [6.07, 6.45) is 1.92. The number of nitrogens with one attached hydrogen (secondary N) is 1. The number of likely N-dealkylation sites (tertiary alicyclic amines) is 1. The highest BCUT2D eigenvalue weighted by atomic mass is 16.3. The van der Waals surface area contributed by atoms with Gasteiger partial charge in [0.2, 0.25) is 0 Å². The van der Waals surface area contributed by atoms with Crippen molar-refractivity contribution >= 4 is 11.6 Å². The smallest absolute Gasteiger partial charge is 0.253 e. The number of benzene rings is 1. The molecule has 4 nitrogen and oxygen atoms in total. The topological polar surface area (TPSA) is 52.6 Å². The van der Waals surface area contributed by atoms with Gasteiger partial charge in [-0.3, -0.25) is 4.79 Å². The van der Waals surface area contributed by atoms with E-state index in [1.807, 2.05) is 7.05 Å². The molecule has 0 bridgehead atoms. The van der Waals surface area contributed by atoms with E-state index in [4.69, 9.17) is 0 Å². The summed E-state index contributed by atoms with van der Waals surface area (Å²) in [7, 11) is 1.91. The van der Waals surface area contributed by atoms with Crippen LogP contribution in [0.25, 0.3) is 0 Å². The van der Waals surface area contributed by atoms with Crippen molar-refractivity contribution in [2.24, 2.45) is 0 Å². The molecule has 0 aliphatic carbocycles. The molecule has 0 unspecified atom stereocenters. The number of aliphatic hydroxyl groups is 1. The summed E-state index contributed by atoms with van der Waals surface area (Å²) in [5, 5.41) is 12.9. The lowest BCUT2D eigenvalue weighted by Crippen LogP contribution is -2.48. The van der Waals surface area contributed by atoms with Crippen LogP contribution in [-0.2, 0) is 4.79 Å². The zero-order chi connectivity index (χ0) is 14.8. The molecule has 20 heavy (non-hydrogen) atoms. The molecule has 1 aromatic rings. The van der Waals surface area contributed by atoms with Crippen LogP contribution >= 0.6 is 0 Å². The predicted octanol–water partition coefficient (Wildman–Crippen LogP) is 2.21. The van der Waals surface area contributed by atoms with Crippen LogP contribution in [0.5, 0.6) is 0 Å². The van der Waals surface area contributed by atoms with E-state index in [0.717, 1.165) is 31.6 Å². The quantitative estimate of drug-likeness (QED) is 0.890. The summed E-state index contributed by atoms with van der Waals surface area (Å²) in [5.74, 6) is 0.341. The molecule has 1 aliphatic rings. The number of piperidine rings is 1. The van der Waals surface area contributed by atoms with Gasteiger partial charge in [0.1, 0.15) is 5.60 Å². The molecule has 0 radical (unpaired) electrons. The second kappa shape index (κ2) is 5.83. The average molecular weight is 276 g/mol. The molecule has 2 rings (SSSR count). The fraction of sp³-hybridized carbons (Fsp3) is 0.562. The number of hydrogen-bond donors (Lipinski definition) is 2. The van der Waals surface area contributed by atoms with Gasteiger partial charge in [-0.15, -0.1) is 0 Å². The van der Waals surface area contributed by atoms with Gasteiger partial charge in [0, 0.05) is 25.8 Å². The Balaban J connectivity index is 1.95. The first-order valence-electron chi connectivity index (χ1n) is 7.21. The first kappa shape index (κ1) is 14.9. The van der Waals surface area contributed by atoms with E-state index in [-0.39, 0.29) is 5.91 Å². The van der Waals surface area contributed by atoms with E-state index in [1.54, 1.807) is 18.7 Å². The molecule has 0 saturated carbocycles. The Morgan fingerprint density at radius 1 is 1.25 bits per heavy atom. The van der Waals surface area contributed by atoms with Crippen LogP contribution < -0.4 is 5.32 Å². The van der Waals surface area contributed by atoms with Gasteiger partial charge in [0.25, 0.3) is 5.91 Å². The molecule has 2 N–H and O–H groups in total. The van der Waals surface area contributed by atoms with Crippen molar-refractivity contribution in [1.82, 2.24) is 4.90 Å². The summed E-state index contributed by atoms with van der Waals surface area (Å²) >= 11 is 0. The molecule has 1 saturated heterocycles. The average Bonchev–Trinajstić information content (AvgIpc) is 2.46. The standard InChI is InChI=1S/C16H24N2O2/c1-16(2,20)15(19)18-10-8-13(9-11-18)12-4-6-14(17-3)7-5-12/h4-7,13,17,20H,8-11H2,1-3H3. The normalized spacial score (nSPS) is 17.1. The van der Waals surface area contributed by atoms with Crippen molar-refractivity contribution in [3.63, 3.8) is 0 Å². The van der Waals surface area contributed by atoms with Gasteiger partial charge in [-0.05, 0) is 50.3 Å². The molecule has 1 aliphatic heterocycles. The molecule has 110 valence electrons. The van der Waals surface area contributed by atoms with Crippen molar-refractivity contribution in [1.29, 1.82) is 0 Å². The molecule has 1 fully saturated rings. The molecular formula is C16H24N2O2. The number of carbonyl (C=O) groups excluding carboxylic acids is 1. The van der Waals surface area contributed by atoms with Crippen molar-refractivity contribution < 1.29 is 9.90 Å². The fourth-order valence-electron chi connectivity index (χ4n) is 2.72. The highest BCUT2D eigenvalue weighted by molar-refractivity contribution is 5.84. The second-order valence-corrected chi connectivity index (χ2v) is 6.00. The van der Waals surface area contributed by atoms with E-state index < -0.39 is 5.60 Å². The lowest BCUT2D eigenvalue weighted by atomic mass is 9.89. The number of anilines is 1. The van der Waals surface area contributed by atoms with Crippen molar-refractivity contribution in [2.75, 3.05) is 25.5 Å². The lowest BCUT2D eigenvalue weighted by Gasteiger charge is -2.35. The van der Waals surface area contributed by atoms with Gasteiger partial charge in [0.05, 0.1) is 0 Å². The highest BCUT2D eigenvalue weighted by Crippen LogP contribution is 2.29. The molecule has 0 atom stereocenters. The van der Waals surface area contributed by atoms with Crippen LogP contribution in [0.1, 0.15) is 38.2 Å². The van der Waals surface area contributed by atoms with E-state index in [2.05, 4.69) is 29.6 Å². The summed E-state index contributed by atoms with van der Waals surface area (Å²) in [4.78, 5) is 13.8. The second-order valence-electron chi connectivity index (χ2n) is 6.00. The van der Waals surface area contributed by atoms with Gasteiger partial charge in [-0.1, -0.05) is 12.1 Å². The number of carbonyl (C=O) groups is 1. The SMILES string of the molecule is CNc1ccc(C2CCN(C(=O)C(C)(C)O)CC2)cc1. The van der Waals surface area contributed by atoms with Gasteiger partial charge < -0.3 is 15.3 Å². The highest BCUT2D eigenvalue weighted by Gasteiger charge is 2.32. The van der Waals surface area contributed by atoms with E-state index in [1.165, 1.54) is 5.56 Å². The number of amides is 1. The largest absolute Gasteiger partial charge is 0.388 e. The van der Waals surface area contributed by atoms with E-state index in [9.17, 15) is 9.90 Å². The minimum Gasteiger partial charge on any atom is -0.388 e. The molecule has 1 aromatic carbocycles. The summed E-state index contributed by atoms with van der Waals surface area (Å²) < 4.78 is 0. The Hall–Kier alpha value is -1.55. The third-order valence-electron chi connectivity index (χ3n) is 3.98. The Morgan fingerprint density at radius 3 is 2.25 bits per heavy atom. The number of nitrogens with zero attached hydrogens (tertiary/aromatic N) is 1. The first-order valence-corrected chi connectivity index (χ1v) is 7.21. The molecule has 0 aromatic heterocycles. The molecule has 4 heteroatoms. The third-order valence-corrected chi connectivity index (χ3v) is 3.98. The van der Waals surface area contributed by atoms with Gasteiger partial charge >= 0.3 is 0 Å². The first-order chi connectivity index (χ1) is 9.41. The van der Waals surface area contributed by atoms with E-state index >= 15 is 0 Å². The maximum absolute atomic E-state index is 12.0. The Kier molecular flexibility index (Phi) is 4.33. The fourth-order valence-corrected chi connectivity index (χ4v) is 2.72. The number of rotatable bonds is 3. The van der Waals surface area contributed by atoms with Gasteiger partial charge in [-0.25, -0.2) is 0 Å². The van der Waals surface area contributed by atoms with Gasteiger partial charge in [0.15, 0.2) is 0 Å². The zero-order valence-corrected chi connectivity index (χ0v) is 12.5. The third kappa shape index (κ3) is 3.31. The number of hydrogen-bond acceptors (Lipinski definition) is 3. The maximum atomic E-state index is 12.0. The summed E-state index contributed by atoms with van der Waals surface area (Å²) in [6, 6.07) is 8.49. The summed E-state index contributed by atoms with van der Waals surface area (Å²) in [6.45, 7) is 4.55. The van der Waals surface area contributed by atoms with Crippen LogP contribution in [0.15, 0.2) is 24.3 Å². The van der Waals surface area contributed by atoms with Crippen LogP contribution in [0.3, 0.4) is 0 Å². The Morgan fingerprint density at radius 2 is 1.80 bits per heavy atom. The molecule has 1 amide bonds. The predicted molar refractivity (Wildman–Crippen MR) is 80.8 cm³/mol. The van der Waals surface area contributed by atoms with E-state index in [0.29, 0.717) is 5.92 Å². The van der Waals surface area contributed by atoms with Gasteiger partial charge in [-0.2, -0.15) is 0 Å². The molecular weight excluding hydrogens is 252 g/mol. The summed E-state index contributed by atoms with van der Waals surface area (Å²) in [5.41, 5.74) is 1.18.